The Bertz CT molecular complexity index is 3320. The minimum Gasteiger partial charge on any atom is -0.497 e. The van der Waals surface area contributed by atoms with Crippen LogP contribution in [0.15, 0.2) is 95.2 Å². The molecule has 592 valence electrons. The highest BCUT2D eigenvalue weighted by Crippen LogP contribution is 2.44. The van der Waals surface area contributed by atoms with Crippen LogP contribution in [0.3, 0.4) is 0 Å². The molecule has 4 aliphatic rings. The van der Waals surface area contributed by atoms with E-state index in [0.717, 1.165) is 27.6 Å². The van der Waals surface area contributed by atoms with Crippen molar-refractivity contribution in [3.05, 3.63) is 117 Å². The van der Waals surface area contributed by atoms with Crippen LogP contribution in [0.5, 0.6) is 11.5 Å². The van der Waals surface area contributed by atoms with Crippen LogP contribution in [0.2, 0.25) is 0 Å². The normalized spacial score (nSPS) is 28.9. The molecule has 0 saturated carbocycles. The van der Waals surface area contributed by atoms with Crippen LogP contribution in [-0.2, 0) is 104 Å². The zero-order valence-electron chi connectivity index (χ0n) is 63.2. The molecule has 4 fully saturated rings. The summed E-state index contributed by atoms with van der Waals surface area (Å²) >= 11 is 0. The molecule has 4 saturated heterocycles. The maximum Gasteiger partial charge on any atom is 0.338 e. The Morgan fingerprint density at radius 1 is 0.458 bits per heavy atom. The summed E-state index contributed by atoms with van der Waals surface area (Å²) in [6, 6.07) is 19.6. The summed E-state index contributed by atoms with van der Waals surface area (Å²) in [4.78, 5) is 91.0. The number of benzene rings is 3. The molecule has 0 bridgehead atoms. The highest BCUT2D eigenvalue weighted by molar-refractivity contribution is 5.90. The van der Waals surface area contributed by atoms with E-state index in [9.17, 15) is 39.8 Å². The summed E-state index contributed by atoms with van der Waals surface area (Å²) in [5.41, 5.74) is 19.6. The summed E-state index contributed by atoms with van der Waals surface area (Å²) in [7, 11) is 3.74. The summed E-state index contributed by atoms with van der Waals surface area (Å²) in [5.74, 6) is -4.48. The van der Waals surface area contributed by atoms with Gasteiger partial charge in [0.05, 0.1) is 62.4 Å². The molecule has 3 aromatic rings. The standard InChI is InChI=1S/C75H106N6O26/c1-13-19-38-91-55-51(43-96-45(7)82)100-72(54(79-81-77)58(55)93-40-21-15-3)104-61-59(94-41-22-16-4)65(101-68(84)47-30-26-24-27-31-47)74(105-63(61)70(86)89-11)103-56-52(44-97-46(8)83)99-67(53(78-80-76)57(56)92-39-20-14-2)75(9,18-6)107-62-60(95-42-23-17-5)66(102-69(85)48-32-28-25-29-33-48)73(106-64(62)71(87)90-12)98-50-36-34-49(88-10)35-37-50/h24-37,51-67,72-74H,13-23,38-44H2,1-12H3/t51?,52?,53?,54?,55-,56-,57-,58-,59?,60?,61-,62-,63?,64?,65+,66+,67-,72-,73-,74-,75-/m1/s1. The van der Waals surface area contributed by atoms with Gasteiger partial charge in [0, 0.05) is 56.7 Å². The van der Waals surface area contributed by atoms with Gasteiger partial charge in [0.2, 0.25) is 6.29 Å². The SMILES string of the molecule is CCCCOC1[C@@H](O[C@](C)(CC)[C@@H]2OC(COC(C)=O)[C@@H](O[C@@H]3OC(C(=O)OC)[C@H](O[C@H]4OC(COC(C)=O)[C@@H](OCCCC)[C@H](OCCCC)C4N=[N+]=[N-])C(OCCCC)[C@@H]3OC(=O)c3ccccc3)[C@H](OCCCC)C2N=[N+]=[N-])C(C(=O)OC)O[C@@H](Oc2ccc(OC)cc2)[C@H]1OC(=O)c1ccccc1. The fourth-order valence-corrected chi connectivity index (χ4v) is 12.7. The van der Waals surface area contributed by atoms with Crippen molar-refractivity contribution in [1.82, 2.24) is 0 Å². The van der Waals surface area contributed by atoms with Gasteiger partial charge in [-0.3, -0.25) is 9.59 Å². The van der Waals surface area contributed by atoms with Crippen molar-refractivity contribution in [2.75, 3.05) is 67.6 Å². The van der Waals surface area contributed by atoms with Gasteiger partial charge in [0.25, 0.3) is 0 Å². The van der Waals surface area contributed by atoms with Gasteiger partial charge in [-0.15, -0.1) is 0 Å². The van der Waals surface area contributed by atoms with Crippen molar-refractivity contribution in [3.8, 4) is 11.5 Å². The minimum absolute atomic E-state index is 0.0331. The Labute approximate surface area is 624 Å². The zero-order chi connectivity index (χ0) is 77.4. The van der Waals surface area contributed by atoms with Crippen molar-refractivity contribution in [3.63, 3.8) is 0 Å². The highest BCUT2D eigenvalue weighted by Gasteiger charge is 2.62. The number of rotatable bonds is 43. The average molecular weight is 1510 g/mol. The monoisotopic (exact) mass is 1510 g/mol. The molecule has 0 aliphatic carbocycles. The number of carbonyl (C=O) groups excluding carboxylic acids is 6. The summed E-state index contributed by atoms with van der Waals surface area (Å²) in [5, 5.41) is 8.57. The van der Waals surface area contributed by atoms with Crippen LogP contribution in [0.1, 0.15) is 154 Å². The number of nitrogens with zero attached hydrogens (tertiary/aromatic N) is 6. The van der Waals surface area contributed by atoms with Gasteiger partial charge in [-0.05, 0) is 105 Å². The van der Waals surface area contributed by atoms with Crippen molar-refractivity contribution in [2.45, 2.75) is 261 Å². The van der Waals surface area contributed by atoms with Crippen molar-refractivity contribution < 1.29 is 124 Å². The third-order valence-electron chi connectivity index (χ3n) is 18.6. The Hall–Kier alpha value is -7.78. The Morgan fingerprint density at radius 3 is 1.33 bits per heavy atom. The van der Waals surface area contributed by atoms with E-state index in [1.165, 1.54) is 26.2 Å². The maximum atomic E-state index is 14.9. The van der Waals surface area contributed by atoms with E-state index in [1.807, 2.05) is 34.6 Å². The number of ether oxygens (including phenoxy) is 20. The third-order valence-corrected chi connectivity index (χ3v) is 18.6. The van der Waals surface area contributed by atoms with Gasteiger partial charge in [0.15, 0.2) is 37.0 Å². The van der Waals surface area contributed by atoms with Crippen LogP contribution >= 0.6 is 0 Å². The lowest BCUT2D eigenvalue weighted by Crippen LogP contribution is -2.71. The van der Waals surface area contributed by atoms with E-state index in [1.54, 1.807) is 86.6 Å². The highest BCUT2D eigenvalue weighted by atomic mass is 16.8. The van der Waals surface area contributed by atoms with E-state index in [4.69, 9.17) is 94.7 Å². The van der Waals surface area contributed by atoms with Crippen LogP contribution in [0.25, 0.3) is 20.9 Å². The molecule has 0 amide bonds. The smallest absolute Gasteiger partial charge is 0.338 e. The summed E-state index contributed by atoms with van der Waals surface area (Å²) in [6.07, 6.45) is -22.3. The maximum absolute atomic E-state index is 14.9. The van der Waals surface area contributed by atoms with E-state index >= 15 is 0 Å². The van der Waals surface area contributed by atoms with Gasteiger partial charge in [-0.25, -0.2) is 19.2 Å². The molecule has 8 unspecified atom stereocenters. The van der Waals surface area contributed by atoms with Crippen molar-refractivity contribution in [2.24, 2.45) is 10.2 Å². The molecule has 3 aromatic carbocycles. The lowest BCUT2D eigenvalue weighted by atomic mass is 9.82. The minimum atomic E-state index is -1.97. The van der Waals surface area contributed by atoms with Crippen LogP contribution in [0, 0.1) is 0 Å². The third kappa shape index (κ3) is 23.9. The number of azide groups is 2. The molecule has 0 radical (unpaired) electrons. The molecule has 4 aliphatic heterocycles. The van der Waals surface area contributed by atoms with E-state index in [2.05, 4.69) is 20.1 Å². The van der Waals surface area contributed by atoms with Crippen LogP contribution in [0.4, 0.5) is 0 Å². The first-order valence-electron chi connectivity index (χ1n) is 36.8. The predicted molar refractivity (Wildman–Crippen MR) is 379 cm³/mol. The van der Waals surface area contributed by atoms with Gasteiger partial charge in [-0.2, -0.15) is 0 Å². The average Bonchev–Trinajstić information content (AvgIpc) is 0.724. The number of unbranched alkanes of at least 4 members (excludes halogenated alkanes) is 5. The van der Waals surface area contributed by atoms with Crippen LogP contribution in [-0.4, -0.2) is 232 Å². The molecular formula is C75H106N6O26. The van der Waals surface area contributed by atoms with Gasteiger partial charge >= 0.3 is 35.8 Å². The lowest BCUT2D eigenvalue weighted by Gasteiger charge is -2.54. The molecule has 4 heterocycles. The molecular weight excluding hydrogens is 1400 g/mol. The molecule has 0 N–H and O–H groups in total. The van der Waals surface area contributed by atoms with Crippen molar-refractivity contribution in [1.29, 1.82) is 0 Å². The fraction of sp³-hybridized carbons (Fsp3) is 0.680. The first kappa shape index (κ1) is 86.5. The molecule has 21 atom stereocenters. The second kappa shape index (κ2) is 44.6. The van der Waals surface area contributed by atoms with Gasteiger partial charge < -0.3 is 94.7 Å². The van der Waals surface area contributed by atoms with Gasteiger partial charge in [-0.1, -0.05) is 120 Å². The zero-order valence-corrected chi connectivity index (χ0v) is 63.2. The van der Waals surface area contributed by atoms with E-state index in [0.29, 0.717) is 63.5 Å². The predicted octanol–water partition coefficient (Wildman–Crippen LogP) is 10.5. The van der Waals surface area contributed by atoms with Crippen molar-refractivity contribution >= 4 is 35.8 Å². The Kier molecular flexibility index (Phi) is 36.1. The molecule has 7 rings (SSSR count). The lowest BCUT2D eigenvalue weighted by molar-refractivity contribution is -0.365. The van der Waals surface area contributed by atoms with Gasteiger partial charge in [0.1, 0.15) is 79.6 Å². The molecule has 0 aromatic heterocycles. The number of esters is 6. The molecule has 32 heteroatoms. The first-order valence-corrected chi connectivity index (χ1v) is 36.8. The second-order valence-electron chi connectivity index (χ2n) is 26.2. The largest absolute Gasteiger partial charge is 0.497 e. The number of hydrogen-bond donors (Lipinski definition) is 0. The quantitative estimate of drug-likeness (QED) is 0.0127. The fourth-order valence-electron chi connectivity index (χ4n) is 12.7. The molecule has 32 nitrogen and oxygen atoms in total. The van der Waals surface area contributed by atoms with Crippen LogP contribution < -0.4 is 9.47 Å². The molecule has 107 heavy (non-hydrogen) atoms. The topological polar surface area (TPSA) is 385 Å². The number of carbonyl (C=O) groups is 6. The number of methoxy groups -OCH3 is 3. The van der Waals surface area contributed by atoms with E-state index in [-0.39, 0.29) is 62.9 Å². The second-order valence-corrected chi connectivity index (χ2v) is 26.2. The first-order chi connectivity index (χ1) is 51.8. The summed E-state index contributed by atoms with van der Waals surface area (Å²) in [6.45, 7) is 14.7. The van der Waals surface area contributed by atoms with E-state index < -0.39 is 171 Å². The Morgan fingerprint density at radius 2 is 0.869 bits per heavy atom. The molecule has 0 spiro atoms. The summed E-state index contributed by atoms with van der Waals surface area (Å²) < 4.78 is 129. The number of hydrogen-bond acceptors (Lipinski definition) is 28. The Balaban J connectivity index is 1.39.